The zero-order valence-corrected chi connectivity index (χ0v) is 26.5. The van der Waals surface area contributed by atoms with Gasteiger partial charge in [-0.3, -0.25) is 14.4 Å². The van der Waals surface area contributed by atoms with Gasteiger partial charge in [0.2, 0.25) is 5.91 Å². The minimum absolute atomic E-state index is 0.112. The molecule has 0 saturated heterocycles. The zero-order valence-electron chi connectivity index (χ0n) is 26.5. The number of H-pyrrole nitrogens is 1. The summed E-state index contributed by atoms with van der Waals surface area (Å²) in [6, 6.07) is 20.7. The first-order valence-corrected chi connectivity index (χ1v) is 15.2. The Balaban J connectivity index is 1.33. The first-order valence-electron chi connectivity index (χ1n) is 15.2. The van der Waals surface area contributed by atoms with Crippen molar-refractivity contribution in [2.45, 2.75) is 39.5 Å². The van der Waals surface area contributed by atoms with Gasteiger partial charge in [-0.15, -0.1) is 0 Å². The molecule has 9 nitrogen and oxygen atoms in total. The van der Waals surface area contributed by atoms with Crippen LogP contribution in [0.3, 0.4) is 0 Å². The Morgan fingerprint density at radius 1 is 1.04 bits per heavy atom. The topological polar surface area (TPSA) is 110 Å². The Morgan fingerprint density at radius 2 is 1.78 bits per heavy atom. The highest BCUT2D eigenvalue weighted by molar-refractivity contribution is 6.05. The molecule has 45 heavy (non-hydrogen) atoms. The molecule has 3 aromatic carbocycles. The van der Waals surface area contributed by atoms with E-state index in [0.717, 1.165) is 35.3 Å². The van der Waals surface area contributed by atoms with Crippen molar-refractivity contribution in [2.75, 3.05) is 42.7 Å². The van der Waals surface area contributed by atoms with E-state index in [4.69, 9.17) is 0 Å². The minimum Gasteiger partial charge on any atom is -0.375 e. The fraction of sp³-hybridized carbons (Fsp3) is 0.278. The average Bonchev–Trinajstić information content (AvgIpc) is 3.05. The Kier molecular flexibility index (Phi) is 9.47. The van der Waals surface area contributed by atoms with Crippen molar-refractivity contribution in [3.05, 3.63) is 112 Å². The van der Waals surface area contributed by atoms with Crippen LogP contribution in [0.5, 0.6) is 0 Å². The van der Waals surface area contributed by atoms with Gasteiger partial charge in [-0.25, -0.2) is 4.98 Å². The molecular weight excluding hydrogens is 564 g/mol. The number of allylic oxidation sites excluding steroid dienone is 1. The second-order valence-electron chi connectivity index (χ2n) is 11.6. The first kappa shape index (κ1) is 31.3. The molecule has 0 saturated carbocycles. The van der Waals surface area contributed by atoms with Gasteiger partial charge in [0.05, 0.1) is 11.6 Å². The number of amides is 2. The first-order chi connectivity index (χ1) is 21.6. The standard InChI is InChI=1S/C36H40N6O3/c1-6-41(4)28-18-14-26(15-19-28)34(43)40-31-11-7-10-29(24(31)3)32-22-37-35(44)33(39-32)38-27-16-12-25(13-17-27)30-21-23(2)9-8-20-42(5)36(30)45/h7,9-19,22,30H,6,8,20-21H2,1-5H3,(H,37,44)(H,38,39)(H,40,43)/b23-9+. The van der Waals surface area contributed by atoms with Crippen molar-refractivity contribution in [3.8, 4) is 11.3 Å². The Bertz CT molecular complexity index is 1780. The lowest BCUT2D eigenvalue weighted by atomic mass is 9.89. The Hall–Kier alpha value is -5.18. The average molecular weight is 605 g/mol. The fourth-order valence-electron chi connectivity index (χ4n) is 5.49. The molecule has 1 unspecified atom stereocenters. The van der Waals surface area contributed by atoms with Crippen LogP contribution in [0.2, 0.25) is 0 Å². The van der Waals surface area contributed by atoms with Gasteiger partial charge >= 0.3 is 0 Å². The van der Waals surface area contributed by atoms with Gasteiger partial charge in [-0.1, -0.05) is 35.9 Å². The van der Waals surface area contributed by atoms with E-state index < -0.39 is 0 Å². The molecule has 0 bridgehead atoms. The molecule has 3 N–H and O–H groups in total. The van der Waals surface area contributed by atoms with Crippen molar-refractivity contribution in [3.63, 3.8) is 0 Å². The maximum absolute atomic E-state index is 13.1. The number of hydrogen-bond acceptors (Lipinski definition) is 6. The van der Waals surface area contributed by atoms with E-state index in [2.05, 4.69) is 45.4 Å². The summed E-state index contributed by atoms with van der Waals surface area (Å²) in [4.78, 5) is 50.2. The summed E-state index contributed by atoms with van der Waals surface area (Å²) < 4.78 is 0. The number of carbonyl (C=O) groups excluding carboxylic acids is 2. The van der Waals surface area contributed by atoms with Crippen LogP contribution in [-0.4, -0.2) is 53.9 Å². The van der Waals surface area contributed by atoms with E-state index in [-0.39, 0.29) is 29.1 Å². The number of benzene rings is 3. The SMILES string of the molecule is CCN(C)c1ccc(C(=O)Nc2cccc(-c3c[nH]c(=O)c(Nc4ccc(C5C/C(C)=C/CCN(C)C5=O)cc4)n3)c2C)cc1. The molecule has 5 rings (SSSR count). The largest absolute Gasteiger partial charge is 0.375 e. The number of nitrogens with one attached hydrogen (secondary N) is 3. The number of likely N-dealkylation sites (N-methyl/N-ethyl adjacent to an activating group) is 1. The summed E-state index contributed by atoms with van der Waals surface area (Å²) in [5.41, 5.74) is 6.88. The van der Waals surface area contributed by atoms with Crippen LogP contribution in [0.1, 0.15) is 54.1 Å². The maximum atomic E-state index is 13.1. The van der Waals surface area contributed by atoms with E-state index in [1.807, 2.05) is 87.7 Å². The second-order valence-corrected chi connectivity index (χ2v) is 11.6. The highest BCUT2D eigenvalue weighted by Crippen LogP contribution is 2.30. The van der Waals surface area contributed by atoms with E-state index in [1.54, 1.807) is 11.1 Å². The van der Waals surface area contributed by atoms with Crippen LogP contribution in [-0.2, 0) is 4.79 Å². The number of anilines is 4. The lowest BCUT2D eigenvalue weighted by Crippen LogP contribution is -2.33. The van der Waals surface area contributed by atoms with Crippen molar-refractivity contribution < 1.29 is 9.59 Å². The van der Waals surface area contributed by atoms with Crippen molar-refractivity contribution >= 4 is 34.7 Å². The van der Waals surface area contributed by atoms with Gasteiger partial charge in [-0.2, -0.15) is 0 Å². The molecule has 1 aromatic heterocycles. The molecule has 1 aliphatic rings. The van der Waals surface area contributed by atoms with Crippen LogP contribution in [0, 0.1) is 6.92 Å². The number of carbonyl (C=O) groups is 2. The van der Waals surface area contributed by atoms with Gasteiger partial charge in [0.25, 0.3) is 11.5 Å². The van der Waals surface area contributed by atoms with Crippen LogP contribution in [0.15, 0.2) is 89.4 Å². The number of aromatic nitrogens is 2. The molecule has 0 radical (unpaired) electrons. The predicted molar refractivity (Wildman–Crippen MR) is 181 cm³/mol. The highest BCUT2D eigenvalue weighted by Gasteiger charge is 2.25. The lowest BCUT2D eigenvalue weighted by Gasteiger charge is -2.26. The summed E-state index contributed by atoms with van der Waals surface area (Å²) in [5.74, 6) is -0.198. The van der Waals surface area contributed by atoms with Gasteiger partial charge in [0, 0.05) is 61.6 Å². The minimum atomic E-state index is -0.361. The number of nitrogens with zero attached hydrogens (tertiary/aromatic N) is 3. The number of hydrogen-bond donors (Lipinski definition) is 3. The normalized spacial score (nSPS) is 16.3. The molecule has 232 valence electrons. The molecule has 9 heteroatoms. The number of aromatic amines is 1. The van der Waals surface area contributed by atoms with Crippen molar-refractivity contribution in [1.82, 2.24) is 14.9 Å². The third-order valence-electron chi connectivity index (χ3n) is 8.42. The molecule has 1 aliphatic heterocycles. The van der Waals surface area contributed by atoms with Crippen LogP contribution >= 0.6 is 0 Å². The molecule has 1 atom stereocenters. The third kappa shape index (κ3) is 7.15. The second kappa shape index (κ2) is 13.6. The fourth-order valence-corrected chi connectivity index (χ4v) is 5.49. The van der Waals surface area contributed by atoms with Gasteiger partial charge in [0.1, 0.15) is 0 Å². The van der Waals surface area contributed by atoms with E-state index in [9.17, 15) is 14.4 Å². The van der Waals surface area contributed by atoms with E-state index in [1.165, 1.54) is 5.57 Å². The monoisotopic (exact) mass is 604 g/mol. The quantitative estimate of drug-likeness (QED) is 0.199. The molecule has 0 fully saturated rings. The summed E-state index contributed by atoms with van der Waals surface area (Å²) >= 11 is 0. The van der Waals surface area contributed by atoms with Crippen LogP contribution in [0.4, 0.5) is 22.9 Å². The van der Waals surface area contributed by atoms with Crippen LogP contribution < -0.4 is 21.1 Å². The highest BCUT2D eigenvalue weighted by atomic mass is 16.2. The molecule has 2 amide bonds. The van der Waals surface area contributed by atoms with Crippen LogP contribution in [0.25, 0.3) is 11.3 Å². The maximum Gasteiger partial charge on any atom is 0.291 e. The Morgan fingerprint density at radius 3 is 2.49 bits per heavy atom. The van der Waals surface area contributed by atoms with Crippen molar-refractivity contribution in [2.24, 2.45) is 0 Å². The summed E-state index contributed by atoms with van der Waals surface area (Å²) in [6.45, 7) is 7.64. The number of rotatable bonds is 8. The summed E-state index contributed by atoms with van der Waals surface area (Å²) in [7, 11) is 3.85. The van der Waals surface area contributed by atoms with Gasteiger partial charge in [0.15, 0.2) is 5.82 Å². The molecule has 4 aromatic rings. The summed E-state index contributed by atoms with van der Waals surface area (Å²) in [6.07, 6.45) is 5.32. The molecule has 0 spiro atoms. The van der Waals surface area contributed by atoms with Crippen molar-refractivity contribution in [1.29, 1.82) is 0 Å². The van der Waals surface area contributed by atoms with Gasteiger partial charge < -0.3 is 25.4 Å². The molecule has 0 aliphatic carbocycles. The third-order valence-corrected chi connectivity index (χ3v) is 8.42. The Labute approximate surface area is 264 Å². The van der Waals surface area contributed by atoms with Gasteiger partial charge in [-0.05, 0) is 87.2 Å². The van der Waals surface area contributed by atoms with E-state index >= 15 is 0 Å². The predicted octanol–water partition coefficient (Wildman–Crippen LogP) is 6.48. The molecular formula is C36H40N6O3. The zero-order chi connectivity index (χ0) is 32.1. The summed E-state index contributed by atoms with van der Waals surface area (Å²) in [5, 5.41) is 6.15. The molecule has 2 heterocycles. The smallest absolute Gasteiger partial charge is 0.291 e. The lowest BCUT2D eigenvalue weighted by molar-refractivity contribution is -0.131. The van der Waals surface area contributed by atoms with E-state index in [0.29, 0.717) is 35.6 Å².